The van der Waals surface area contributed by atoms with E-state index in [-0.39, 0.29) is 17.1 Å². The SMILES string of the molecule is CC1Sc2ccc(C(=O)Nc3ccc(SNC4CC4)cc3)cc2NC1=O. The summed E-state index contributed by atoms with van der Waals surface area (Å²) >= 11 is 3.13. The number of hydrogen-bond donors (Lipinski definition) is 3. The van der Waals surface area contributed by atoms with Crippen molar-refractivity contribution in [3.8, 4) is 0 Å². The second kappa shape index (κ2) is 7.34. The molecule has 0 saturated heterocycles. The van der Waals surface area contributed by atoms with Crippen molar-refractivity contribution in [2.75, 3.05) is 10.6 Å². The molecule has 2 aliphatic rings. The molecule has 1 fully saturated rings. The Morgan fingerprint density at radius 3 is 2.69 bits per heavy atom. The van der Waals surface area contributed by atoms with Crippen LogP contribution in [0, 0.1) is 0 Å². The Bertz CT molecular complexity index is 850. The molecule has 2 aromatic carbocycles. The number of carbonyl (C=O) groups excluding carboxylic acids is 2. The highest BCUT2D eigenvalue weighted by Crippen LogP contribution is 2.36. The van der Waals surface area contributed by atoms with E-state index in [1.807, 2.05) is 37.3 Å². The summed E-state index contributed by atoms with van der Waals surface area (Å²) in [5.74, 6) is -0.227. The number of thioether (sulfide) groups is 1. The van der Waals surface area contributed by atoms with Crippen LogP contribution >= 0.6 is 23.7 Å². The molecule has 1 saturated carbocycles. The summed E-state index contributed by atoms with van der Waals surface area (Å²) in [6.45, 7) is 1.87. The predicted molar refractivity (Wildman–Crippen MR) is 107 cm³/mol. The number of amides is 2. The third kappa shape index (κ3) is 4.06. The Hall–Kier alpha value is -1.96. The van der Waals surface area contributed by atoms with Crippen molar-refractivity contribution in [3.05, 3.63) is 48.0 Å². The molecule has 26 heavy (non-hydrogen) atoms. The van der Waals surface area contributed by atoms with Gasteiger partial charge in [0.15, 0.2) is 0 Å². The average Bonchev–Trinajstić information content (AvgIpc) is 3.46. The highest BCUT2D eigenvalue weighted by molar-refractivity contribution is 8.01. The maximum absolute atomic E-state index is 12.5. The lowest BCUT2D eigenvalue weighted by Gasteiger charge is -2.21. The number of fused-ring (bicyclic) bond motifs is 1. The van der Waals surface area contributed by atoms with Crippen molar-refractivity contribution in [2.45, 2.75) is 40.8 Å². The van der Waals surface area contributed by atoms with Crippen molar-refractivity contribution in [1.29, 1.82) is 0 Å². The van der Waals surface area contributed by atoms with Gasteiger partial charge in [0.05, 0.1) is 10.9 Å². The molecule has 0 aromatic heterocycles. The lowest BCUT2D eigenvalue weighted by atomic mass is 10.1. The number of nitrogens with one attached hydrogen (secondary N) is 3. The molecule has 2 aromatic rings. The molecule has 5 nitrogen and oxygen atoms in total. The summed E-state index contributed by atoms with van der Waals surface area (Å²) in [6, 6.07) is 13.8. The van der Waals surface area contributed by atoms with E-state index >= 15 is 0 Å². The number of hydrogen-bond acceptors (Lipinski definition) is 5. The third-order valence-corrected chi connectivity index (χ3v) is 6.34. The first kappa shape index (κ1) is 17.5. The molecule has 0 radical (unpaired) electrons. The van der Waals surface area contributed by atoms with Gasteiger partial charge in [-0.1, -0.05) is 0 Å². The molecule has 3 N–H and O–H groups in total. The Kier molecular flexibility index (Phi) is 4.93. The van der Waals surface area contributed by atoms with Crippen LogP contribution in [-0.2, 0) is 4.79 Å². The monoisotopic (exact) mass is 385 g/mol. The van der Waals surface area contributed by atoms with Gasteiger partial charge in [0.25, 0.3) is 5.91 Å². The quantitative estimate of drug-likeness (QED) is 0.675. The molecule has 7 heteroatoms. The molecule has 4 rings (SSSR count). The van der Waals surface area contributed by atoms with Crippen LogP contribution in [0.4, 0.5) is 11.4 Å². The number of anilines is 2. The van der Waals surface area contributed by atoms with Gasteiger partial charge in [0.2, 0.25) is 5.91 Å². The zero-order chi connectivity index (χ0) is 18.1. The van der Waals surface area contributed by atoms with Crippen molar-refractivity contribution in [2.24, 2.45) is 0 Å². The molecule has 1 unspecified atom stereocenters. The standard InChI is InChI=1S/C19H19N3O2S2/c1-11-18(23)21-16-10-12(2-9-17(16)25-11)19(24)20-13-5-7-15(8-6-13)26-22-14-3-4-14/h2,5-11,14,22H,3-4H2,1H3,(H,20,24)(H,21,23). The summed E-state index contributed by atoms with van der Waals surface area (Å²) in [5.41, 5.74) is 1.97. The summed E-state index contributed by atoms with van der Waals surface area (Å²) in [7, 11) is 0. The smallest absolute Gasteiger partial charge is 0.255 e. The summed E-state index contributed by atoms with van der Waals surface area (Å²) < 4.78 is 3.39. The van der Waals surface area contributed by atoms with Crippen LogP contribution in [0.3, 0.4) is 0 Å². The van der Waals surface area contributed by atoms with E-state index in [2.05, 4.69) is 15.4 Å². The Labute approximate surface area is 160 Å². The number of carbonyl (C=O) groups is 2. The zero-order valence-corrected chi connectivity index (χ0v) is 15.9. The zero-order valence-electron chi connectivity index (χ0n) is 14.2. The number of benzene rings is 2. The number of rotatable bonds is 5. The summed E-state index contributed by atoms with van der Waals surface area (Å²) in [6.07, 6.45) is 2.50. The topological polar surface area (TPSA) is 70.2 Å². The second-order valence-electron chi connectivity index (χ2n) is 6.43. The maximum atomic E-state index is 12.5. The second-order valence-corrected chi connectivity index (χ2v) is 8.73. The van der Waals surface area contributed by atoms with Crippen LogP contribution < -0.4 is 15.4 Å². The van der Waals surface area contributed by atoms with Gasteiger partial charge in [-0.25, -0.2) is 0 Å². The van der Waals surface area contributed by atoms with Crippen molar-refractivity contribution >= 4 is 46.9 Å². The largest absolute Gasteiger partial charge is 0.324 e. The molecule has 1 aliphatic carbocycles. The molecule has 0 spiro atoms. The third-order valence-electron chi connectivity index (χ3n) is 4.21. The van der Waals surface area contributed by atoms with E-state index in [0.29, 0.717) is 17.3 Å². The lowest BCUT2D eigenvalue weighted by Crippen LogP contribution is -2.26. The fourth-order valence-corrected chi connectivity index (χ4v) is 4.25. The molecular weight excluding hydrogens is 366 g/mol. The Morgan fingerprint density at radius 1 is 1.19 bits per heavy atom. The minimum absolute atomic E-state index is 0.0343. The first-order chi connectivity index (χ1) is 12.6. The van der Waals surface area contributed by atoms with Crippen LogP contribution in [-0.4, -0.2) is 23.1 Å². The highest BCUT2D eigenvalue weighted by atomic mass is 32.2. The van der Waals surface area contributed by atoms with E-state index in [0.717, 1.165) is 15.5 Å². The molecule has 134 valence electrons. The first-order valence-electron chi connectivity index (χ1n) is 8.54. The van der Waals surface area contributed by atoms with E-state index in [4.69, 9.17) is 0 Å². The van der Waals surface area contributed by atoms with E-state index in [1.165, 1.54) is 24.6 Å². The van der Waals surface area contributed by atoms with Crippen molar-refractivity contribution < 1.29 is 9.59 Å². The average molecular weight is 386 g/mol. The Balaban J connectivity index is 1.41. The molecule has 1 atom stereocenters. The molecular formula is C19H19N3O2S2. The minimum Gasteiger partial charge on any atom is -0.324 e. The molecule has 1 aliphatic heterocycles. The van der Waals surface area contributed by atoms with Crippen LogP contribution in [0.2, 0.25) is 0 Å². The van der Waals surface area contributed by atoms with Crippen LogP contribution in [0.1, 0.15) is 30.1 Å². The summed E-state index contributed by atoms with van der Waals surface area (Å²) in [4.78, 5) is 26.4. The minimum atomic E-state index is -0.192. The van der Waals surface area contributed by atoms with Crippen LogP contribution in [0.25, 0.3) is 0 Å². The molecule has 1 heterocycles. The fraction of sp³-hybridized carbons (Fsp3) is 0.263. The Morgan fingerprint density at radius 2 is 1.96 bits per heavy atom. The maximum Gasteiger partial charge on any atom is 0.255 e. The fourth-order valence-electron chi connectivity index (χ4n) is 2.51. The van der Waals surface area contributed by atoms with Crippen LogP contribution in [0.15, 0.2) is 52.3 Å². The normalized spacial score (nSPS) is 18.8. The van der Waals surface area contributed by atoms with Crippen molar-refractivity contribution in [3.63, 3.8) is 0 Å². The van der Waals surface area contributed by atoms with Gasteiger partial charge < -0.3 is 10.6 Å². The van der Waals surface area contributed by atoms with Gasteiger partial charge in [0.1, 0.15) is 0 Å². The van der Waals surface area contributed by atoms with Crippen LogP contribution in [0.5, 0.6) is 0 Å². The highest BCUT2D eigenvalue weighted by Gasteiger charge is 2.24. The first-order valence-corrected chi connectivity index (χ1v) is 10.2. The van der Waals surface area contributed by atoms with Crippen molar-refractivity contribution in [1.82, 2.24) is 4.72 Å². The lowest BCUT2D eigenvalue weighted by molar-refractivity contribution is -0.115. The molecule has 0 bridgehead atoms. The van der Waals surface area contributed by atoms with Gasteiger partial charge in [-0.3, -0.25) is 14.3 Å². The van der Waals surface area contributed by atoms with Gasteiger partial charge >= 0.3 is 0 Å². The van der Waals surface area contributed by atoms with Gasteiger partial charge in [-0.05, 0) is 74.2 Å². The van der Waals surface area contributed by atoms with E-state index in [1.54, 1.807) is 24.1 Å². The predicted octanol–water partition coefficient (Wildman–Crippen LogP) is 4.13. The van der Waals surface area contributed by atoms with E-state index < -0.39 is 0 Å². The van der Waals surface area contributed by atoms with Gasteiger partial charge in [-0.2, -0.15) is 0 Å². The summed E-state index contributed by atoms with van der Waals surface area (Å²) in [5, 5.41) is 5.64. The molecule has 2 amide bonds. The van der Waals surface area contributed by atoms with E-state index in [9.17, 15) is 9.59 Å². The van der Waals surface area contributed by atoms with Gasteiger partial charge in [-0.15, -0.1) is 11.8 Å². The van der Waals surface area contributed by atoms with Gasteiger partial charge in [0, 0.05) is 27.1 Å².